The Morgan fingerprint density at radius 2 is 2.12 bits per heavy atom. The van der Waals surface area contributed by atoms with Gasteiger partial charge in [-0.2, -0.15) is 0 Å². The highest BCUT2D eigenvalue weighted by molar-refractivity contribution is 6.03. The zero-order valence-corrected chi connectivity index (χ0v) is 10.0. The van der Waals surface area contributed by atoms with E-state index in [-0.39, 0.29) is 6.04 Å². The number of hydrogen-bond acceptors (Lipinski definition) is 4. The second-order valence-electron chi connectivity index (χ2n) is 4.07. The molecule has 6 heteroatoms. The van der Waals surface area contributed by atoms with Crippen molar-refractivity contribution in [1.82, 2.24) is 10.6 Å². The lowest BCUT2D eigenvalue weighted by atomic mass is 10.2. The van der Waals surface area contributed by atoms with Gasteiger partial charge in [-0.05, 0) is 26.2 Å². The van der Waals surface area contributed by atoms with Crippen LogP contribution in [-0.2, 0) is 9.53 Å². The summed E-state index contributed by atoms with van der Waals surface area (Å²) >= 11 is 0. The number of methoxy groups -OCH3 is 1. The number of carbonyl (C=O) groups is 2. The van der Waals surface area contributed by atoms with Gasteiger partial charge in [0.15, 0.2) is 0 Å². The molecule has 96 valence electrons. The van der Waals surface area contributed by atoms with Crippen LogP contribution in [0.1, 0.15) is 26.2 Å². The van der Waals surface area contributed by atoms with Crippen molar-refractivity contribution in [3.8, 4) is 0 Å². The average Bonchev–Trinajstić information content (AvgIpc) is 2.64. The first-order chi connectivity index (χ1) is 8.04. The SMILES string of the molecule is COC=C(C)C(=O)NC(=O)NC1CCCC1O. The van der Waals surface area contributed by atoms with Crippen molar-refractivity contribution in [2.45, 2.75) is 38.3 Å². The van der Waals surface area contributed by atoms with E-state index in [2.05, 4.69) is 15.4 Å². The molecule has 3 amide bonds. The summed E-state index contributed by atoms with van der Waals surface area (Å²) in [5.41, 5.74) is 0.301. The second-order valence-corrected chi connectivity index (χ2v) is 4.07. The zero-order valence-electron chi connectivity index (χ0n) is 10.0. The Hall–Kier alpha value is -1.56. The molecule has 0 bridgehead atoms. The van der Waals surface area contributed by atoms with E-state index in [4.69, 9.17) is 0 Å². The molecule has 1 rings (SSSR count). The Morgan fingerprint density at radius 1 is 1.41 bits per heavy atom. The summed E-state index contributed by atoms with van der Waals surface area (Å²) in [7, 11) is 1.42. The fourth-order valence-corrected chi connectivity index (χ4v) is 1.75. The van der Waals surface area contributed by atoms with Crippen molar-refractivity contribution in [3.05, 3.63) is 11.8 Å². The van der Waals surface area contributed by atoms with Gasteiger partial charge < -0.3 is 15.2 Å². The Bertz CT molecular complexity index is 327. The molecule has 0 aliphatic heterocycles. The topological polar surface area (TPSA) is 87.7 Å². The van der Waals surface area contributed by atoms with E-state index in [0.717, 1.165) is 12.8 Å². The molecule has 0 aromatic rings. The van der Waals surface area contributed by atoms with Crippen LogP contribution in [0.15, 0.2) is 11.8 Å². The molecule has 1 fully saturated rings. The lowest BCUT2D eigenvalue weighted by molar-refractivity contribution is -0.116. The molecule has 0 saturated heterocycles. The summed E-state index contributed by atoms with van der Waals surface area (Å²) in [6.45, 7) is 1.54. The van der Waals surface area contributed by atoms with Crippen LogP contribution in [0, 0.1) is 0 Å². The van der Waals surface area contributed by atoms with Crippen LogP contribution < -0.4 is 10.6 Å². The summed E-state index contributed by atoms with van der Waals surface area (Å²) in [5.74, 6) is -0.517. The summed E-state index contributed by atoms with van der Waals surface area (Å²) in [4.78, 5) is 22.9. The molecule has 17 heavy (non-hydrogen) atoms. The lowest BCUT2D eigenvalue weighted by Gasteiger charge is -2.16. The predicted octanol–water partition coefficient (Wildman–Crippen LogP) is 0.276. The highest BCUT2D eigenvalue weighted by Crippen LogP contribution is 2.18. The predicted molar refractivity (Wildman–Crippen MR) is 61.1 cm³/mol. The number of imide groups is 1. The average molecular weight is 242 g/mol. The van der Waals surface area contributed by atoms with Crippen molar-refractivity contribution in [1.29, 1.82) is 0 Å². The maximum Gasteiger partial charge on any atom is 0.322 e. The number of rotatable bonds is 3. The number of nitrogens with one attached hydrogen (secondary N) is 2. The summed E-state index contributed by atoms with van der Waals surface area (Å²) < 4.78 is 4.66. The summed E-state index contributed by atoms with van der Waals surface area (Å²) in [6, 6.07) is -0.862. The Labute approximate surface area is 100 Å². The Kier molecular flexibility index (Phi) is 4.96. The first-order valence-corrected chi connectivity index (χ1v) is 5.54. The molecular formula is C11H18N2O4. The summed E-state index contributed by atoms with van der Waals surface area (Å²) in [5, 5.41) is 14.2. The molecule has 1 saturated carbocycles. The minimum atomic E-state index is -0.593. The highest BCUT2D eigenvalue weighted by Gasteiger charge is 2.26. The molecule has 2 unspecified atom stereocenters. The Balaban J connectivity index is 2.39. The summed E-state index contributed by atoms with van der Waals surface area (Å²) in [6.07, 6.45) is 3.03. The molecule has 3 N–H and O–H groups in total. The number of hydrogen-bond donors (Lipinski definition) is 3. The van der Waals surface area contributed by atoms with Crippen molar-refractivity contribution < 1.29 is 19.4 Å². The highest BCUT2D eigenvalue weighted by atomic mass is 16.5. The van der Waals surface area contributed by atoms with Gasteiger partial charge in [0, 0.05) is 5.57 Å². The van der Waals surface area contributed by atoms with Gasteiger partial charge in [0.05, 0.1) is 25.5 Å². The van der Waals surface area contributed by atoms with E-state index in [1.165, 1.54) is 20.3 Å². The molecule has 0 spiro atoms. The first kappa shape index (κ1) is 13.5. The van der Waals surface area contributed by atoms with E-state index in [0.29, 0.717) is 12.0 Å². The molecule has 0 aromatic heterocycles. The van der Waals surface area contributed by atoms with Crippen molar-refractivity contribution >= 4 is 11.9 Å². The largest absolute Gasteiger partial charge is 0.504 e. The number of urea groups is 1. The third kappa shape index (κ3) is 4.07. The number of amides is 3. The van der Waals surface area contributed by atoms with Crippen molar-refractivity contribution in [3.63, 3.8) is 0 Å². The van der Waals surface area contributed by atoms with Gasteiger partial charge in [-0.15, -0.1) is 0 Å². The number of aliphatic hydroxyl groups excluding tert-OH is 1. The molecule has 1 aliphatic carbocycles. The number of ether oxygens (including phenoxy) is 1. The van der Waals surface area contributed by atoms with Crippen LogP contribution in [-0.4, -0.2) is 36.3 Å². The van der Waals surface area contributed by atoms with Gasteiger partial charge in [0.25, 0.3) is 5.91 Å². The van der Waals surface area contributed by atoms with E-state index >= 15 is 0 Å². The minimum Gasteiger partial charge on any atom is -0.504 e. The van der Waals surface area contributed by atoms with Crippen LogP contribution in [0.3, 0.4) is 0 Å². The van der Waals surface area contributed by atoms with Crippen LogP contribution >= 0.6 is 0 Å². The van der Waals surface area contributed by atoms with E-state index < -0.39 is 18.0 Å². The van der Waals surface area contributed by atoms with Gasteiger partial charge in [0.2, 0.25) is 0 Å². The van der Waals surface area contributed by atoms with Crippen LogP contribution in [0.25, 0.3) is 0 Å². The number of carbonyl (C=O) groups excluding carboxylic acids is 2. The van der Waals surface area contributed by atoms with Gasteiger partial charge in [-0.3, -0.25) is 10.1 Å². The normalized spacial score (nSPS) is 24.3. The first-order valence-electron chi connectivity index (χ1n) is 5.54. The van der Waals surface area contributed by atoms with Gasteiger partial charge in [0.1, 0.15) is 0 Å². The van der Waals surface area contributed by atoms with E-state index in [9.17, 15) is 14.7 Å². The molecule has 0 radical (unpaired) electrons. The third-order valence-corrected chi connectivity index (χ3v) is 2.68. The van der Waals surface area contributed by atoms with Gasteiger partial charge in [-0.25, -0.2) is 4.79 Å². The lowest BCUT2D eigenvalue weighted by Crippen LogP contribution is -2.47. The fraction of sp³-hybridized carbons (Fsp3) is 0.636. The second kappa shape index (κ2) is 6.24. The van der Waals surface area contributed by atoms with Crippen LogP contribution in [0.2, 0.25) is 0 Å². The zero-order chi connectivity index (χ0) is 12.8. The maximum atomic E-state index is 11.4. The molecule has 1 aliphatic rings. The van der Waals surface area contributed by atoms with E-state index in [1.54, 1.807) is 0 Å². The smallest absolute Gasteiger partial charge is 0.322 e. The van der Waals surface area contributed by atoms with Crippen LogP contribution in [0.4, 0.5) is 4.79 Å². The van der Waals surface area contributed by atoms with Crippen molar-refractivity contribution in [2.24, 2.45) is 0 Å². The third-order valence-electron chi connectivity index (χ3n) is 2.68. The monoisotopic (exact) mass is 242 g/mol. The maximum absolute atomic E-state index is 11.4. The van der Waals surface area contributed by atoms with Gasteiger partial charge >= 0.3 is 6.03 Å². The van der Waals surface area contributed by atoms with E-state index in [1.807, 2.05) is 0 Å². The molecule has 2 atom stereocenters. The van der Waals surface area contributed by atoms with Gasteiger partial charge in [-0.1, -0.05) is 0 Å². The van der Waals surface area contributed by atoms with Crippen molar-refractivity contribution in [2.75, 3.05) is 7.11 Å². The Morgan fingerprint density at radius 3 is 2.65 bits per heavy atom. The number of aliphatic hydroxyl groups is 1. The minimum absolute atomic E-state index is 0.269. The molecule has 0 aromatic carbocycles. The molecule has 0 heterocycles. The van der Waals surface area contributed by atoms with Crippen LogP contribution in [0.5, 0.6) is 0 Å². The molecule has 6 nitrogen and oxygen atoms in total. The fourth-order valence-electron chi connectivity index (χ4n) is 1.75. The standard InChI is InChI=1S/C11H18N2O4/c1-7(6-17-2)10(15)13-11(16)12-8-4-3-5-9(8)14/h6,8-9,14H,3-5H2,1-2H3,(H2,12,13,15,16). The quantitative estimate of drug-likeness (QED) is 0.490. The molecular weight excluding hydrogens is 224 g/mol.